The number of nitrogens with one attached hydrogen (secondary N) is 2. The van der Waals surface area contributed by atoms with Crippen molar-refractivity contribution in [3.8, 4) is 0 Å². The first-order chi connectivity index (χ1) is 12.3. The summed E-state index contributed by atoms with van der Waals surface area (Å²) in [4.78, 5) is 36.8. The zero-order valence-electron chi connectivity index (χ0n) is 15.4. The Hall–Kier alpha value is -2.09. The Morgan fingerprint density at radius 3 is 2.27 bits per heavy atom. The molecule has 0 heterocycles. The van der Waals surface area contributed by atoms with E-state index in [1.165, 1.54) is 31.4 Å². The Morgan fingerprint density at radius 1 is 1.15 bits per heavy atom. The number of benzene rings is 1. The summed E-state index contributed by atoms with van der Waals surface area (Å²) < 4.78 is 17.7. The van der Waals surface area contributed by atoms with E-state index in [1.54, 1.807) is 25.6 Å². The highest BCUT2D eigenvalue weighted by molar-refractivity contribution is 7.98. The van der Waals surface area contributed by atoms with Crippen molar-refractivity contribution < 1.29 is 23.5 Å². The van der Waals surface area contributed by atoms with E-state index in [-0.39, 0.29) is 11.5 Å². The maximum atomic E-state index is 13.0. The molecule has 0 unspecified atom stereocenters. The fourth-order valence-corrected chi connectivity index (χ4v) is 2.72. The van der Waals surface area contributed by atoms with E-state index in [4.69, 9.17) is 4.74 Å². The van der Waals surface area contributed by atoms with Crippen LogP contribution in [0.3, 0.4) is 0 Å². The molecule has 144 valence electrons. The van der Waals surface area contributed by atoms with Crippen LogP contribution in [-0.2, 0) is 14.3 Å². The Kier molecular flexibility index (Phi) is 9.12. The molecule has 0 bridgehead atoms. The minimum atomic E-state index is -0.839. The number of rotatable bonds is 9. The third-order valence-electron chi connectivity index (χ3n) is 3.75. The van der Waals surface area contributed by atoms with E-state index in [0.29, 0.717) is 12.2 Å². The SMILES string of the molecule is COC(=O)[C@H](CCSC)NC(=O)[C@@H](NC(=O)c1ccc(F)cc1)C(C)C. The highest BCUT2D eigenvalue weighted by Crippen LogP contribution is 2.09. The molecule has 0 aliphatic heterocycles. The summed E-state index contributed by atoms with van der Waals surface area (Å²) in [7, 11) is 1.26. The van der Waals surface area contributed by atoms with Crippen molar-refractivity contribution in [1.29, 1.82) is 0 Å². The largest absolute Gasteiger partial charge is 0.467 e. The van der Waals surface area contributed by atoms with Gasteiger partial charge in [0.15, 0.2) is 0 Å². The molecule has 8 heteroatoms. The summed E-state index contributed by atoms with van der Waals surface area (Å²) in [6, 6.07) is 3.42. The molecule has 0 saturated carbocycles. The van der Waals surface area contributed by atoms with Gasteiger partial charge in [-0.25, -0.2) is 9.18 Å². The summed E-state index contributed by atoms with van der Waals surface area (Å²) in [6.45, 7) is 3.56. The fourth-order valence-electron chi connectivity index (χ4n) is 2.25. The molecule has 0 radical (unpaired) electrons. The average Bonchev–Trinajstić information content (AvgIpc) is 2.62. The van der Waals surface area contributed by atoms with Crippen LogP contribution in [0.25, 0.3) is 0 Å². The predicted octanol–water partition coefficient (Wildman–Crippen LogP) is 1.99. The molecule has 1 aromatic rings. The molecule has 0 aliphatic carbocycles. The maximum Gasteiger partial charge on any atom is 0.328 e. The normalized spacial score (nSPS) is 13.0. The lowest BCUT2D eigenvalue weighted by Crippen LogP contribution is -2.54. The van der Waals surface area contributed by atoms with Gasteiger partial charge in [-0.05, 0) is 48.6 Å². The Morgan fingerprint density at radius 2 is 1.77 bits per heavy atom. The third kappa shape index (κ3) is 6.67. The van der Waals surface area contributed by atoms with Gasteiger partial charge in [0.1, 0.15) is 17.9 Å². The maximum absolute atomic E-state index is 13.0. The van der Waals surface area contributed by atoms with Gasteiger partial charge in [-0.1, -0.05) is 13.8 Å². The van der Waals surface area contributed by atoms with Crippen LogP contribution in [0.5, 0.6) is 0 Å². The second kappa shape index (κ2) is 10.8. The zero-order chi connectivity index (χ0) is 19.7. The van der Waals surface area contributed by atoms with E-state index < -0.39 is 35.7 Å². The quantitative estimate of drug-likeness (QED) is 0.636. The average molecular weight is 384 g/mol. The van der Waals surface area contributed by atoms with Crippen LogP contribution in [-0.4, -0.2) is 49.0 Å². The number of hydrogen-bond acceptors (Lipinski definition) is 5. The first-order valence-corrected chi connectivity index (χ1v) is 9.63. The van der Waals surface area contributed by atoms with Gasteiger partial charge in [0.2, 0.25) is 5.91 Å². The molecule has 0 aliphatic rings. The smallest absolute Gasteiger partial charge is 0.328 e. The number of ether oxygens (including phenoxy) is 1. The molecule has 2 N–H and O–H groups in total. The number of esters is 1. The minimum absolute atomic E-state index is 0.210. The van der Waals surface area contributed by atoms with Crippen molar-refractivity contribution >= 4 is 29.5 Å². The van der Waals surface area contributed by atoms with Crippen LogP contribution in [0.4, 0.5) is 4.39 Å². The first kappa shape index (κ1) is 22.0. The van der Waals surface area contributed by atoms with E-state index in [1.807, 2.05) is 6.26 Å². The fraction of sp³-hybridized carbons (Fsp3) is 0.500. The van der Waals surface area contributed by atoms with Gasteiger partial charge in [-0.3, -0.25) is 9.59 Å². The number of carbonyl (C=O) groups excluding carboxylic acids is 3. The standard InChI is InChI=1S/C18H25FN2O4S/c1-11(2)15(21-16(22)12-5-7-13(19)8-6-12)17(23)20-14(9-10-26-4)18(24)25-3/h5-8,11,14-15H,9-10H2,1-4H3,(H,20,23)(H,21,22)/t14-,15-/m0/s1. The van der Waals surface area contributed by atoms with Gasteiger partial charge in [0.25, 0.3) is 5.91 Å². The topological polar surface area (TPSA) is 84.5 Å². The number of amides is 2. The number of methoxy groups -OCH3 is 1. The number of carbonyl (C=O) groups is 3. The summed E-state index contributed by atoms with van der Waals surface area (Å²) in [5, 5.41) is 5.29. The van der Waals surface area contributed by atoms with Gasteiger partial charge < -0.3 is 15.4 Å². The van der Waals surface area contributed by atoms with Gasteiger partial charge >= 0.3 is 5.97 Å². The molecule has 0 aromatic heterocycles. The number of hydrogen-bond donors (Lipinski definition) is 2. The van der Waals surface area contributed by atoms with Crippen molar-refractivity contribution in [3.63, 3.8) is 0 Å². The monoisotopic (exact) mass is 384 g/mol. The van der Waals surface area contributed by atoms with E-state index in [0.717, 1.165) is 0 Å². The molecule has 26 heavy (non-hydrogen) atoms. The van der Waals surface area contributed by atoms with Crippen molar-refractivity contribution in [3.05, 3.63) is 35.6 Å². The van der Waals surface area contributed by atoms with Crippen molar-refractivity contribution in [1.82, 2.24) is 10.6 Å². The number of halogens is 1. The highest BCUT2D eigenvalue weighted by atomic mass is 32.2. The Labute approximate surface area is 157 Å². The van der Waals surface area contributed by atoms with Crippen molar-refractivity contribution in [2.24, 2.45) is 5.92 Å². The molecule has 1 aromatic carbocycles. The van der Waals surface area contributed by atoms with E-state index in [2.05, 4.69) is 10.6 Å². The highest BCUT2D eigenvalue weighted by Gasteiger charge is 2.29. The van der Waals surface area contributed by atoms with Crippen LogP contribution < -0.4 is 10.6 Å². The molecular formula is C18H25FN2O4S. The van der Waals surface area contributed by atoms with Crippen LogP contribution >= 0.6 is 11.8 Å². The van der Waals surface area contributed by atoms with Crippen LogP contribution in [0.15, 0.2) is 24.3 Å². The third-order valence-corrected chi connectivity index (χ3v) is 4.40. The van der Waals surface area contributed by atoms with Gasteiger partial charge in [0, 0.05) is 5.56 Å². The molecular weight excluding hydrogens is 359 g/mol. The Balaban J connectivity index is 2.83. The summed E-state index contributed by atoms with van der Waals surface area (Å²) in [5.74, 6) is -1.47. The van der Waals surface area contributed by atoms with Gasteiger partial charge in [-0.15, -0.1) is 0 Å². The van der Waals surface area contributed by atoms with Crippen molar-refractivity contribution in [2.45, 2.75) is 32.4 Å². The lowest BCUT2D eigenvalue weighted by molar-refractivity contribution is -0.145. The lowest BCUT2D eigenvalue weighted by Gasteiger charge is -2.24. The van der Waals surface area contributed by atoms with E-state index in [9.17, 15) is 18.8 Å². The molecule has 0 spiro atoms. The molecule has 2 amide bonds. The minimum Gasteiger partial charge on any atom is -0.467 e. The van der Waals surface area contributed by atoms with Gasteiger partial charge in [0.05, 0.1) is 7.11 Å². The van der Waals surface area contributed by atoms with Crippen LogP contribution in [0, 0.1) is 11.7 Å². The molecule has 0 fully saturated rings. The van der Waals surface area contributed by atoms with Crippen molar-refractivity contribution in [2.75, 3.05) is 19.1 Å². The van der Waals surface area contributed by atoms with Crippen LogP contribution in [0.2, 0.25) is 0 Å². The molecule has 6 nitrogen and oxygen atoms in total. The summed E-state index contributed by atoms with van der Waals surface area (Å²) >= 11 is 1.55. The summed E-state index contributed by atoms with van der Waals surface area (Å²) in [6.07, 6.45) is 2.33. The predicted molar refractivity (Wildman–Crippen MR) is 99.4 cm³/mol. The molecule has 1 rings (SSSR count). The second-order valence-electron chi connectivity index (χ2n) is 6.07. The second-order valence-corrected chi connectivity index (χ2v) is 7.05. The van der Waals surface area contributed by atoms with Gasteiger partial charge in [-0.2, -0.15) is 11.8 Å². The summed E-state index contributed by atoms with van der Waals surface area (Å²) in [5.41, 5.74) is 0.247. The van der Waals surface area contributed by atoms with Crippen LogP contribution in [0.1, 0.15) is 30.6 Å². The molecule has 2 atom stereocenters. The first-order valence-electron chi connectivity index (χ1n) is 8.23. The van der Waals surface area contributed by atoms with E-state index >= 15 is 0 Å². The molecule has 0 saturated heterocycles. The Bertz CT molecular complexity index is 622. The number of thioether (sulfide) groups is 1. The lowest BCUT2D eigenvalue weighted by atomic mass is 10.0. The zero-order valence-corrected chi connectivity index (χ0v) is 16.2.